The smallest absolute Gasteiger partial charge is 0.195 e. The van der Waals surface area contributed by atoms with Gasteiger partial charge in [-0.05, 0) is 62.9 Å². The summed E-state index contributed by atoms with van der Waals surface area (Å²) in [5.74, 6) is -0.00731. The largest absolute Gasteiger partial charge is 0.379 e. The highest BCUT2D eigenvalue weighted by molar-refractivity contribution is 7.10. The van der Waals surface area contributed by atoms with Crippen LogP contribution in [-0.2, 0) is 4.74 Å². The number of aryl methyl sites for hydroxylation is 1. The number of carbonyl (C=O) groups excluding carboxylic acids is 1. The Bertz CT molecular complexity index is 800. The number of rotatable bonds is 5. The van der Waals surface area contributed by atoms with Crippen LogP contribution in [0.5, 0.6) is 0 Å². The van der Waals surface area contributed by atoms with Gasteiger partial charge in [-0.15, -0.1) is 11.3 Å². The lowest BCUT2D eigenvalue weighted by Gasteiger charge is -2.25. The standard InChI is InChI=1S/C16H15ClOS.C7H15NO/c1-10(2)15(12-8-9-19-11(12)3)16(18)13-6-4-5-7-14(13)17;1-2-3-8-4-6-9-7-5-8/h4-9H,1-3H3;2-7H2,1H3. The number of ether oxygens (including phenoxy) is 1. The number of hydrogen-bond donors (Lipinski definition) is 0. The molecule has 0 aliphatic carbocycles. The summed E-state index contributed by atoms with van der Waals surface area (Å²) in [7, 11) is 0. The maximum atomic E-state index is 12.7. The second-order valence-corrected chi connectivity index (χ2v) is 8.56. The molecule has 0 N–H and O–H groups in total. The summed E-state index contributed by atoms with van der Waals surface area (Å²) < 4.78 is 5.20. The predicted molar refractivity (Wildman–Crippen MR) is 121 cm³/mol. The molecule has 1 aliphatic rings. The molecule has 2 heterocycles. The molecule has 5 heteroatoms. The molecule has 1 aromatic heterocycles. The van der Waals surface area contributed by atoms with Crippen molar-refractivity contribution in [1.82, 2.24) is 4.90 Å². The average Bonchev–Trinajstić information content (AvgIpc) is 3.09. The topological polar surface area (TPSA) is 29.5 Å². The molecule has 0 bridgehead atoms. The zero-order chi connectivity index (χ0) is 20.5. The number of ketones is 1. The molecule has 0 radical (unpaired) electrons. The fourth-order valence-electron chi connectivity index (χ4n) is 3.18. The highest BCUT2D eigenvalue weighted by atomic mass is 35.5. The number of carbonyl (C=O) groups is 1. The Morgan fingerprint density at radius 3 is 2.36 bits per heavy atom. The first-order valence-corrected chi connectivity index (χ1v) is 11.0. The third-order valence-electron chi connectivity index (χ3n) is 4.62. The quantitative estimate of drug-likeness (QED) is 0.432. The minimum absolute atomic E-state index is 0.00731. The summed E-state index contributed by atoms with van der Waals surface area (Å²) in [4.78, 5) is 16.3. The van der Waals surface area contributed by atoms with Crippen LogP contribution in [0.3, 0.4) is 0 Å². The van der Waals surface area contributed by atoms with Crippen molar-refractivity contribution in [3.05, 3.63) is 62.3 Å². The van der Waals surface area contributed by atoms with Crippen LogP contribution < -0.4 is 0 Å². The summed E-state index contributed by atoms with van der Waals surface area (Å²) in [5.41, 5.74) is 3.33. The van der Waals surface area contributed by atoms with Gasteiger partial charge >= 0.3 is 0 Å². The van der Waals surface area contributed by atoms with Gasteiger partial charge in [0, 0.05) is 29.1 Å². The van der Waals surface area contributed by atoms with E-state index < -0.39 is 0 Å². The van der Waals surface area contributed by atoms with E-state index in [1.165, 1.54) is 13.0 Å². The second-order valence-electron chi connectivity index (χ2n) is 7.03. The second kappa shape index (κ2) is 11.5. The van der Waals surface area contributed by atoms with Crippen molar-refractivity contribution < 1.29 is 9.53 Å². The number of hydrogen-bond acceptors (Lipinski definition) is 4. The molecule has 3 rings (SSSR count). The summed E-state index contributed by atoms with van der Waals surface area (Å²) >= 11 is 7.78. The minimum atomic E-state index is -0.00731. The van der Waals surface area contributed by atoms with Crippen LogP contribution in [0.4, 0.5) is 0 Å². The van der Waals surface area contributed by atoms with E-state index >= 15 is 0 Å². The van der Waals surface area contributed by atoms with E-state index in [-0.39, 0.29) is 5.78 Å². The highest BCUT2D eigenvalue weighted by Crippen LogP contribution is 2.31. The average molecular weight is 420 g/mol. The van der Waals surface area contributed by atoms with Gasteiger partial charge in [-0.2, -0.15) is 0 Å². The van der Waals surface area contributed by atoms with Crippen LogP contribution in [0.2, 0.25) is 5.02 Å². The van der Waals surface area contributed by atoms with Crippen LogP contribution in [0, 0.1) is 6.92 Å². The lowest BCUT2D eigenvalue weighted by atomic mass is 9.94. The van der Waals surface area contributed by atoms with E-state index in [9.17, 15) is 4.79 Å². The highest BCUT2D eigenvalue weighted by Gasteiger charge is 2.20. The Balaban J connectivity index is 0.000000261. The van der Waals surface area contributed by atoms with Crippen molar-refractivity contribution >= 4 is 34.3 Å². The normalized spacial score (nSPS) is 14.2. The maximum Gasteiger partial charge on any atom is 0.195 e. The van der Waals surface area contributed by atoms with Crippen LogP contribution >= 0.6 is 22.9 Å². The molecule has 28 heavy (non-hydrogen) atoms. The number of morpholine rings is 1. The van der Waals surface area contributed by atoms with Gasteiger partial charge in [0.1, 0.15) is 0 Å². The van der Waals surface area contributed by atoms with E-state index in [0.717, 1.165) is 47.9 Å². The molecule has 0 unspecified atom stereocenters. The Kier molecular flexibility index (Phi) is 9.39. The Morgan fingerprint density at radius 2 is 1.82 bits per heavy atom. The molecule has 1 aliphatic heterocycles. The van der Waals surface area contributed by atoms with Gasteiger partial charge in [0.05, 0.1) is 18.2 Å². The lowest BCUT2D eigenvalue weighted by Crippen LogP contribution is -2.36. The van der Waals surface area contributed by atoms with Crippen LogP contribution in [0.15, 0.2) is 41.3 Å². The zero-order valence-corrected chi connectivity index (χ0v) is 18.8. The number of Topliss-reactive ketones (excluding diaryl/α,β-unsaturated/α-hetero) is 1. The van der Waals surface area contributed by atoms with Crippen LogP contribution in [0.25, 0.3) is 5.57 Å². The molecule has 0 spiro atoms. The van der Waals surface area contributed by atoms with E-state index in [0.29, 0.717) is 10.6 Å². The van der Waals surface area contributed by atoms with Crippen LogP contribution in [-0.4, -0.2) is 43.5 Å². The molecular formula is C23H30ClNO2S. The lowest BCUT2D eigenvalue weighted by molar-refractivity contribution is 0.0380. The number of allylic oxidation sites excluding steroid dienone is 2. The van der Waals surface area contributed by atoms with Crippen molar-refractivity contribution in [1.29, 1.82) is 0 Å². The van der Waals surface area contributed by atoms with Gasteiger partial charge < -0.3 is 4.74 Å². The number of benzene rings is 1. The molecule has 152 valence electrons. The SMILES string of the molecule is CC(C)=C(C(=O)c1ccccc1Cl)c1ccsc1C.CCCN1CCOCC1. The molecule has 1 fully saturated rings. The summed E-state index contributed by atoms with van der Waals surface area (Å²) in [6, 6.07) is 9.18. The first kappa shape index (κ1) is 22.8. The van der Waals surface area contributed by atoms with Crippen molar-refractivity contribution in [2.45, 2.75) is 34.1 Å². The van der Waals surface area contributed by atoms with Gasteiger partial charge in [0.2, 0.25) is 0 Å². The summed E-state index contributed by atoms with van der Waals surface area (Å²) in [6.07, 6.45) is 1.26. The summed E-state index contributed by atoms with van der Waals surface area (Å²) in [5, 5.41) is 2.51. The Morgan fingerprint density at radius 1 is 1.14 bits per heavy atom. The Labute approximate surface area is 178 Å². The third-order valence-corrected chi connectivity index (χ3v) is 5.79. The fraction of sp³-hybridized carbons (Fsp3) is 0.435. The minimum Gasteiger partial charge on any atom is -0.379 e. The number of halogens is 1. The number of thiophene rings is 1. The third kappa shape index (κ3) is 6.28. The molecule has 0 atom stereocenters. The fourth-order valence-corrected chi connectivity index (χ4v) is 4.11. The molecule has 0 amide bonds. The molecular weight excluding hydrogens is 390 g/mol. The maximum absolute atomic E-state index is 12.7. The van der Waals surface area contributed by atoms with E-state index in [1.54, 1.807) is 23.5 Å². The zero-order valence-electron chi connectivity index (χ0n) is 17.3. The van der Waals surface area contributed by atoms with Gasteiger partial charge in [-0.1, -0.05) is 36.2 Å². The van der Waals surface area contributed by atoms with Crippen molar-refractivity contribution in [2.24, 2.45) is 0 Å². The first-order valence-electron chi connectivity index (χ1n) is 9.77. The molecule has 0 saturated carbocycles. The summed E-state index contributed by atoms with van der Waals surface area (Å²) in [6.45, 7) is 13.5. The monoisotopic (exact) mass is 419 g/mol. The van der Waals surface area contributed by atoms with Crippen molar-refractivity contribution in [3.63, 3.8) is 0 Å². The van der Waals surface area contributed by atoms with Crippen molar-refractivity contribution in [3.8, 4) is 0 Å². The van der Waals surface area contributed by atoms with Gasteiger partial charge in [-0.25, -0.2) is 0 Å². The predicted octanol–water partition coefficient (Wildman–Crippen LogP) is 6.11. The van der Waals surface area contributed by atoms with E-state index in [1.807, 2.05) is 44.4 Å². The van der Waals surface area contributed by atoms with Crippen molar-refractivity contribution in [2.75, 3.05) is 32.8 Å². The first-order chi connectivity index (χ1) is 13.5. The van der Waals surface area contributed by atoms with E-state index in [4.69, 9.17) is 16.3 Å². The van der Waals surface area contributed by atoms with Gasteiger partial charge in [-0.3, -0.25) is 9.69 Å². The van der Waals surface area contributed by atoms with Gasteiger partial charge in [0.15, 0.2) is 5.78 Å². The molecule has 1 saturated heterocycles. The molecule has 1 aromatic carbocycles. The van der Waals surface area contributed by atoms with Crippen LogP contribution in [0.1, 0.15) is 48.0 Å². The molecule has 2 aromatic rings. The molecule has 3 nitrogen and oxygen atoms in total. The van der Waals surface area contributed by atoms with E-state index in [2.05, 4.69) is 11.8 Å². The Hall–Kier alpha value is -1.46. The number of nitrogens with zero attached hydrogens (tertiary/aromatic N) is 1. The van der Waals surface area contributed by atoms with Gasteiger partial charge in [0.25, 0.3) is 0 Å².